The van der Waals surface area contributed by atoms with E-state index in [1.807, 2.05) is 23.6 Å². The van der Waals surface area contributed by atoms with Crippen molar-refractivity contribution < 1.29 is 13.6 Å². The number of hydrogen-bond acceptors (Lipinski definition) is 4. The summed E-state index contributed by atoms with van der Waals surface area (Å²) in [6.45, 7) is 0. The molecule has 2 aromatic heterocycles. The summed E-state index contributed by atoms with van der Waals surface area (Å²) in [5.41, 5.74) is 1.32. The minimum Gasteiger partial charge on any atom is -0.321 e. The van der Waals surface area contributed by atoms with E-state index in [4.69, 9.17) is 0 Å². The molecule has 7 heteroatoms. The first-order chi connectivity index (χ1) is 11.6. The van der Waals surface area contributed by atoms with Crippen LogP contribution in [0.3, 0.4) is 0 Å². The summed E-state index contributed by atoms with van der Waals surface area (Å²) in [6.07, 6.45) is 3.44. The lowest BCUT2D eigenvalue weighted by atomic mass is 10.3. The fourth-order valence-corrected chi connectivity index (χ4v) is 3.97. The minimum atomic E-state index is -0.994. The van der Waals surface area contributed by atoms with Gasteiger partial charge in [-0.05, 0) is 41.3 Å². The molecule has 0 unspecified atom stereocenters. The molecular weight excluding hydrogens is 350 g/mol. The lowest BCUT2D eigenvalue weighted by Gasteiger charge is -2.06. The monoisotopic (exact) mass is 362 g/mol. The Labute approximate surface area is 145 Å². The number of anilines is 1. The van der Waals surface area contributed by atoms with Crippen LogP contribution >= 0.6 is 23.1 Å². The summed E-state index contributed by atoms with van der Waals surface area (Å²) in [4.78, 5) is 17.7. The van der Waals surface area contributed by atoms with E-state index in [0.29, 0.717) is 10.6 Å². The van der Waals surface area contributed by atoms with Gasteiger partial charge in [-0.2, -0.15) is 0 Å². The number of rotatable bonds is 5. The molecule has 0 aliphatic heterocycles. The molecule has 3 aromatic rings. The molecule has 0 aliphatic carbocycles. The Morgan fingerprint density at radius 1 is 1.12 bits per heavy atom. The van der Waals surface area contributed by atoms with E-state index in [1.165, 1.54) is 29.2 Å². The Balaban J connectivity index is 1.69. The topological polar surface area (TPSA) is 42.0 Å². The molecular formula is C17H12F2N2OS2. The van der Waals surface area contributed by atoms with E-state index < -0.39 is 11.6 Å². The van der Waals surface area contributed by atoms with Crippen LogP contribution in [0.15, 0.2) is 59.1 Å². The lowest BCUT2D eigenvalue weighted by Crippen LogP contribution is -2.11. The van der Waals surface area contributed by atoms with E-state index in [2.05, 4.69) is 10.3 Å². The zero-order valence-electron chi connectivity index (χ0n) is 12.3. The minimum absolute atomic E-state index is 0.220. The fraction of sp³-hybridized carbons (Fsp3) is 0.0588. The number of carbonyl (C=O) groups excluding carboxylic acids is 1. The zero-order chi connectivity index (χ0) is 16.9. The number of benzene rings is 1. The van der Waals surface area contributed by atoms with Crippen LogP contribution in [0.25, 0.3) is 0 Å². The van der Waals surface area contributed by atoms with Crippen LogP contribution in [0.2, 0.25) is 0 Å². The van der Waals surface area contributed by atoms with Crippen LogP contribution in [0.5, 0.6) is 0 Å². The number of thiophene rings is 1. The molecule has 0 saturated carbocycles. The largest absolute Gasteiger partial charge is 0.321 e. The van der Waals surface area contributed by atoms with E-state index in [1.54, 1.807) is 12.4 Å². The average Bonchev–Trinajstić information content (AvgIpc) is 3.06. The Bertz CT molecular complexity index is 853. The van der Waals surface area contributed by atoms with Gasteiger partial charge in [0.05, 0.1) is 0 Å². The van der Waals surface area contributed by atoms with Crippen molar-refractivity contribution in [2.24, 2.45) is 0 Å². The van der Waals surface area contributed by atoms with Crippen LogP contribution < -0.4 is 5.32 Å². The quantitative estimate of drug-likeness (QED) is 0.652. The second kappa shape index (κ2) is 7.55. The molecule has 0 spiro atoms. The van der Waals surface area contributed by atoms with Gasteiger partial charge < -0.3 is 5.32 Å². The van der Waals surface area contributed by atoms with Crippen LogP contribution in [-0.2, 0) is 5.75 Å². The van der Waals surface area contributed by atoms with E-state index in [-0.39, 0.29) is 11.6 Å². The maximum Gasteiger partial charge on any atom is 0.266 e. The molecule has 0 radical (unpaired) electrons. The van der Waals surface area contributed by atoms with Gasteiger partial charge in [-0.25, -0.2) is 8.78 Å². The summed E-state index contributed by atoms with van der Waals surface area (Å²) >= 11 is 2.85. The highest BCUT2D eigenvalue weighted by molar-refractivity contribution is 7.98. The number of amides is 1. The van der Waals surface area contributed by atoms with Crippen molar-refractivity contribution in [3.63, 3.8) is 0 Å². The standard InChI is InChI=1S/C17H12F2N2OS2/c18-13-2-1-12(9-14(13)19)21-17(22)16-15(5-8-23-16)24-10-11-3-6-20-7-4-11/h1-9H,10H2,(H,21,22). The number of aromatic nitrogens is 1. The number of hydrogen-bond donors (Lipinski definition) is 1. The summed E-state index contributed by atoms with van der Waals surface area (Å²) in [6, 6.07) is 8.98. The first kappa shape index (κ1) is 16.6. The first-order valence-corrected chi connectivity index (χ1v) is 8.85. The molecule has 1 amide bonds. The smallest absolute Gasteiger partial charge is 0.266 e. The maximum atomic E-state index is 13.2. The van der Waals surface area contributed by atoms with Gasteiger partial charge in [0.25, 0.3) is 5.91 Å². The van der Waals surface area contributed by atoms with Crippen molar-refractivity contribution in [2.45, 2.75) is 10.6 Å². The summed E-state index contributed by atoms with van der Waals surface area (Å²) in [5, 5.41) is 4.42. The van der Waals surface area contributed by atoms with Gasteiger partial charge in [0, 0.05) is 34.8 Å². The van der Waals surface area contributed by atoms with Crippen molar-refractivity contribution in [1.29, 1.82) is 0 Å². The SMILES string of the molecule is O=C(Nc1ccc(F)c(F)c1)c1sccc1SCc1ccncc1. The second-order valence-electron chi connectivity index (χ2n) is 4.84. The Morgan fingerprint density at radius 2 is 1.92 bits per heavy atom. The van der Waals surface area contributed by atoms with Gasteiger partial charge >= 0.3 is 0 Å². The van der Waals surface area contributed by atoms with Crippen LogP contribution in [0.4, 0.5) is 14.5 Å². The molecule has 24 heavy (non-hydrogen) atoms. The van der Waals surface area contributed by atoms with Crippen LogP contribution in [0, 0.1) is 11.6 Å². The molecule has 122 valence electrons. The highest BCUT2D eigenvalue weighted by atomic mass is 32.2. The zero-order valence-corrected chi connectivity index (χ0v) is 14.0. The average molecular weight is 362 g/mol. The Morgan fingerprint density at radius 3 is 2.67 bits per heavy atom. The molecule has 3 nitrogen and oxygen atoms in total. The van der Waals surface area contributed by atoms with Gasteiger partial charge in [-0.3, -0.25) is 9.78 Å². The molecule has 0 saturated heterocycles. The molecule has 3 rings (SSSR count). The van der Waals surface area contributed by atoms with E-state index in [0.717, 1.165) is 22.6 Å². The van der Waals surface area contributed by atoms with Gasteiger partial charge in [0.1, 0.15) is 4.88 Å². The third-order valence-electron chi connectivity index (χ3n) is 3.16. The molecule has 0 aliphatic rings. The highest BCUT2D eigenvalue weighted by Crippen LogP contribution is 2.30. The third-order valence-corrected chi connectivity index (χ3v) is 5.33. The van der Waals surface area contributed by atoms with Gasteiger partial charge in [-0.1, -0.05) is 0 Å². The molecule has 1 N–H and O–H groups in total. The van der Waals surface area contributed by atoms with E-state index in [9.17, 15) is 13.6 Å². The number of carbonyl (C=O) groups is 1. The third kappa shape index (κ3) is 3.98. The number of halogens is 2. The summed E-state index contributed by atoms with van der Waals surface area (Å²) < 4.78 is 26.2. The number of nitrogens with one attached hydrogen (secondary N) is 1. The Hall–Kier alpha value is -2.25. The fourth-order valence-electron chi connectivity index (χ4n) is 1.98. The van der Waals surface area contributed by atoms with Gasteiger partial charge in [0.15, 0.2) is 11.6 Å². The van der Waals surface area contributed by atoms with E-state index >= 15 is 0 Å². The number of nitrogens with zero attached hydrogens (tertiary/aromatic N) is 1. The molecule has 2 heterocycles. The lowest BCUT2D eigenvalue weighted by molar-refractivity contribution is 0.102. The maximum absolute atomic E-state index is 13.2. The van der Waals surface area contributed by atoms with Crippen molar-refractivity contribution in [3.8, 4) is 0 Å². The predicted molar refractivity (Wildman–Crippen MR) is 92.4 cm³/mol. The van der Waals surface area contributed by atoms with Crippen LogP contribution in [0.1, 0.15) is 15.2 Å². The highest BCUT2D eigenvalue weighted by Gasteiger charge is 2.15. The predicted octanol–water partition coefficient (Wildman–Crippen LogP) is 4.97. The Kier molecular flexibility index (Phi) is 5.22. The molecule has 0 atom stereocenters. The van der Waals surface area contributed by atoms with Crippen molar-refractivity contribution in [2.75, 3.05) is 5.32 Å². The second-order valence-corrected chi connectivity index (χ2v) is 6.77. The van der Waals surface area contributed by atoms with Crippen LogP contribution in [-0.4, -0.2) is 10.9 Å². The van der Waals surface area contributed by atoms with Crippen molar-refractivity contribution in [3.05, 3.63) is 76.2 Å². The van der Waals surface area contributed by atoms with Crippen molar-refractivity contribution in [1.82, 2.24) is 4.98 Å². The molecule has 1 aromatic carbocycles. The number of thioether (sulfide) groups is 1. The number of pyridine rings is 1. The van der Waals surface area contributed by atoms with Gasteiger partial charge in [0.2, 0.25) is 0 Å². The normalized spacial score (nSPS) is 10.6. The van der Waals surface area contributed by atoms with Crippen molar-refractivity contribution >= 4 is 34.7 Å². The molecule has 0 bridgehead atoms. The summed E-state index contributed by atoms with van der Waals surface area (Å²) in [5.74, 6) is -1.57. The first-order valence-electron chi connectivity index (χ1n) is 6.99. The van der Waals surface area contributed by atoms with Gasteiger partial charge in [-0.15, -0.1) is 23.1 Å². The summed E-state index contributed by atoms with van der Waals surface area (Å²) in [7, 11) is 0. The molecule has 0 fully saturated rings.